The third-order valence-electron chi connectivity index (χ3n) is 5.32. The quantitative estimate of drug-likeness (QED) is 0.348. The number of benzene rings is 2. The number of aromatic nitrogens is 5. The predicted molar refractivity (Wildman–Crippen MR) is 109 cm³/mol. The van der Waals surface area contributed by atoms with E-state index in [-0.39, 0.29) is 17.8 Å². The van der Waals surface area contributed by atoms with Gasteiger partial charge in [-0.05, 0) is 19.1 Å². The van der Waals surface area contributed by atoms with Crippen LogP contribution in [0.1, 0.15) is 18.5 Å². The zero-order valence-electron chi connectivity index (χ0n) is 16.8. The molecule has 11 heteroatoms. The van der Waals surface area contributed by atoms with Gasteiger partial charge in [-0.1, -0.05) is 18.2 Å². The zero-order valence-corrected chi connectivity index (χ0v) is 16.8. The van der Waals surface area contributed by atoms with Crippen molar-refractivity contribution in [2.45, 2.75) is 25.1 Å². The van der Waals surface area contributed by atoms with Gasteiger partial charge in [0.15, 0.2) is 0 Å². The number of nitro benzene ring substituents is 1. The highest BCUT2D eigenvalue weighted by Crippen LogP contribution is 2.37. The summed E-state index contributed by atoms with van der Waals surface area (Å²) in [5.74, 6) is -1.68. The molecule has 2 heterocycles. The monoisotopic (exact) mass is 440 g/mol. The van der Waals surface area contributed by atoms with Crippen LogP contribution >= 0.6 is 0 Å². The number of halogens is 2. The molecule has 0 aliphatic rings. The Balaban J connectivity index is 1.74. The van der Waals surface area contributed by atoms with E-state index in [1.807, 2.05) is 0 Å². The number of hydrogen-bond acceptors (Lipinski definition) is 6. The normalized spacial score (nSPS) is 14.1. The molecule has 32 heavy (non-hydrogen) atoms. The third-order valence-corrected chi connectivity index (χ3v) is 5.32. The molecule has 0 bridgehead atoms. The van der Waals surface area contributed by atoms with Crippen LogP contribution in [0.4, 0.5) is 14.5 Å². The van der Waals surface area contributed by atoms with E-state index in [1.165, 1.54) is 40.2 Å². The van der Waals surface area contributed by atoms with Gasteiger partial charge in [-0.25, -0.2) is 18.4 Å². The molecule has 9 nitrogen and oxygen atoms in total. The molecule has 0 radical (unpaired) electrons. The van der Waals surface area contributed by atoms with E-state index in [4.69, 9.17) is 0 Å². The summed E-state index contributed by atoms with van der Waals surface area (Å²) in [6.45, 7) is 1.45. The Morgan fingerprint density at radius 2 is 2.03 bits per heavy atom. The zero-order chi connectivity index (χ0) is 22.9. The van der Waals surface area contributed by atoms with Gasteiger partial charge in [-0.15, -0.1) is 0 Å². The molecular weight excluding hydrogens is 422 g/mol. The smallest absolute Gasteiger partial charge is 0.270 e. The van der Waals surface area contributed by atoms with Gasteiger partial charge in [0.05, 0.1) is 23.2 Å². The molecule has 0 saturated carbocycles. The first-order chi connectivity index (χ1) is 15.3. The minimum atomic E-state index is -1.88. The van der Waals surface area contributed by atoms with Crippen LogP contribution in [0, 0.1) is 21.7 Å². The molecule has 0 unspecified atom stereocenters. The van der Waals surface area contributed by atoms with Gasteiger partial charge in [0.1, 0.15) is 29.9 Å². The van der Waals surface area contributed by atoms with Gasteiger partial charge in [0.2, 0.25) is 0 Å². The molecular formula is C21H18F2N6O3. The molecule has 0 amide bonds. The SMILES string of the molecule is C[C@@H](n1ccc(-c2cccc([N+](=O)[O-])c2)n1)[C@](O)(Cn1cncn1)c1ccc(F)cc1F. The fraction of sp³-hybridized carbons (Fsp3) is 0.190. The van der Waals surface area contributed by atoms with Gasteiger partial charge >= 0.3 is 0 Å². The Kier molecular flexibility index (Phi) is 5.49. The maximum atomic E-state index is 14.7. The van der Waals surface area contributed by atoms with Crippen LogP contribution in [-0.2, 0) is 12.1 Å². The van der Waals surface area contributed by atoms with E-state index in [2.05, 4.69) is 15.2 Å². The molecule has 164 valence electrons. The Labute approximate surface area is 180 Å². The molecule has 0 saturated heterocycles. The summed E-state index contributed by atoms with van der Waals surface area (Å²) < 4.78 is 31.0. The topological polar surface area (TPSA) is 112 Å². The highest BCUT2D eigenvalue weighted by molar-refractivity contribution is 5.62. The third kappa shape index (κ3) is 3.97. The van der Waals surface area contributed by atoms with Crippen LogP contribution in [-0.4, -0.2) is 34.6 Å². The maximum Gasteiger partial charge on any atom is 0.270 e. The summed E-state index contributed by atoms with van der Waals surface area (Å²) in [7, 11) is 0. The number of hydrogen-bond donors (Lipinski definition) is 1. The van der Waals surface area contributed by atoms with Crippen molar-refractivity contribution in [3.63, 3.8) is 0 Å². The second kappa shape index (κ2) is 8.27. The van der Waals surface area contributed by atoms with Crippen molar-refractivity contribution in [1.29, 1.82) is 0 Å². The van der Waals surface area contributed by atoms with Gasteiger partial charge < -0.3 is 5.11 Å². The molecule has 2 atom stereocenters. The number of rotatable bonds is 7. The first kappa shape index (κ1) is 21.2. The van der Waals surface area contributed by atoms with Crippen LogP contribution in [0.3, 0.4) is 0 Å². The molecule has 4 rings (SSSR count). The van der Waals surface area contributed by atoms with Crippen molar-refractivity contribution >= 4 is 5.69 Å². The van der Waals surface area contributed by atoms with Gasteiger partial charge in [-0.3, -0.25) is 14.8 Å². The van der Waals surface area contributed by atoms with E-state index in [9.17, 15) is 24.0 Å². The van der Waals surface area contributed by atoms with Crippen LogP contribution in [0.5, 0.6) is 0 Å². The second-order valence-corrected chi connectivity index (χ2v) is 7.31. The van der Waals surface area contributed by atoms with Crippen LogP contribution in [0.15, 0.2) is 67.4 Å². The fourth-order valence-corrected chi connectivity index (χ4v) is 3.55. The molecule has 0 aliphatic carbocycles. The lowest BCUT2D eigenvalue weighted by atomic mass is 9.86. The molecule has 0 spiro atoms. The average Bonchev–Trinajstić information content (AvgIpc) is 3.45. The van der Waals surface area contributed by atoms with E-state index in [0.29, 0.717) is 17.3 Å². The van der Waals surface area contributed by atoms with Gasteiger partial charge in [0, 0.05) is 35.5 Å². The standard InChI is InChI=1S/C21H18F2N6O3/c1-14(28-8-7-20(26-28)15-3-2-4-17(9-15)29(31)32)21(30,11-27-13-24-12-25-27)18-6-5-16(22)10-19(18)23/h2-10,12-14,30H,11H2,1H3/t14-,21-/m1/s1. The Morgan fingerprint density at radius 3 is 2.72 bits per heavy atom. The van der Waals surface area contributed by atoms with Crippen molar-refractivity contribution in [3.8, 4) is 11.3 Å². The largest absolute Gasteiger partial charge is 0.381 e. The van der Waals surface area contributed by atoms with Crippen molar-refractivity contribution in [1.82, 2.24) is 24.5 Å². The molecule has 2 aromatic heterocycles. The fourth-order valence-electron chi connectivity index (χ4n) is 3.55. The minimum absolute atomic E-state index is 0.0823. The lowest BCUT2D eigenvalue weighted by molar-refractivity contribution is -0.384. The van der Waals surface area contributed by atoms with Gasteiger partial charge in [-0.2, -0.15) is 10.2 Å². The summed E-state index contributed by atoms with van der Waals surface area (Å²) in [6.07, 6.45) is 4.23. The second-order valence-electron chi connectivity index (χ2n) is 7.31. The lowest BCUT2D eigenvalue weighted by Gasteiger charge is -2.34. The highest BCUT2D eigenvalue weighted by Gasteiger charge is 2.40. The van der Waals surface area contributed by atoms with E-state index in [0.717, 1.165) is 6.07 Å². The lowest BCUT2D eigenvalue weighted by Crippen LogP contribution is -2.40. The summed E-state index contributed by atoms with van der Waals surface area (Å²) in [5.41, 5.74) is -1.14. The highest BCUT2D eigenvalue weighted by atomic mass is 19.1. The summed E-state index contributed by atoms with van der Waals surface area (Å²) in [6, 6.07) is 9.72. The summed E-state index contributed by atoms with van der Waals surface area (Å²) >= 11 is 0. The van der Waals surface area contributed by atoms with Crippen LogP contribution < -0.4 is 0 Å². The number of aliphatic hydroxyl groups is 1. The molecule has 4 aromatic rings. The molecule has 1 N–H and O–H groups in total. The Hall–Kier alpha value is -3.99. The van der Waals surface area contributed by atoms with E-state index < -0.39 is 28.2 Å². The number of nitrogens with zero attached hydrogens (tertiary/aromatic N) is 6. The predicted octanol–water partition coefficient (Wildman–Crippen LogP) is 3.48. The summed E-state index contributed by atoms with van der Waals surface area (Å²) in [4.78, 5) is 14.4. The van der Waals surface area contributed by atoms with Crippen LogP contribution in [0.2, 0.25) is 0 Å². The van der Waals surface area contributed by atoms with Gasteiger partial charge in [0.25, 0.3) is 5.69 Å². The summed E-state index contributed by atoms with van der Waals surface area (Å²) in [5, 5.41) is 31.1. The maximum absolute atomic E-state index is 14.7. The Bertz CT molecular complexity index is 1260. The molecule has 0 fully saturated rings. The number of nitro groups is 1. The Morgan fingerprint density at radius 1 is 1.22 bits per heavy atom. The van der Waals surface area contributed by atoms with Crippen molar-refractivity contribution in [3.05, 3.63) is 94.7 Å². The first-order valence-electron chi connectivity index (χ1n) is 9.58. The van der Waals surface area contributed by atoms with E-state index in [1.54, 1.807) is 31.3 Å². The van der Waals surface area contributed by atoms with Crippen molar-refractivity contribution < 1.29 is 18.8 Å². The van der Waals surface area contributed by atoms with Crippen molar-refractivity contribution in [2.24, 2.45) is 0 Å². The average molecular weight is 440 g/mol. The van der Waals surface area contributed by atoms with Crippen LogP contribution in [0.25, 0.3) is 11.3 Å². The number of non-ortho nitro benzene ring substituents is 1. The van der Waals surface area contributed by atoms with E-state index >= 15 is 0 Å². The minimum Gasteiger partial charge on any atom is -0.381 e. The molecule has 0 aliphatic heterocycles. The molecule has 2 aromatic carbocycles. The van der Waals surface area contributed by atoms with Crippen molar-refractivity contribution in [2.75, 3.05) is 0 Å². The first-order valence-corrected chi connectivity index (χ1v) is 9.58.